The monoisotopic (exact) mass is 722 g/mol. The number of hydrogen-bond donors (Lipinski definition) is 12. The molecule has 0 amide bonds. The van der Waals surface area contributed by atoms with Gasteiger partial charge in [0.2, 0.25) is 6.29 Å². The van der Waals surface area contributed by atoms with Gasteiger partial charge >= 0.3 is 5.97 Å². The third-order valence-electron chi connectivity index (χ3n) is 9.50. The minimum Gasteiger partial charge on any atom is -0.466 e. The summed E-state index contributed by atoms with van der Waals surface area (Å²) in [5.41, 5.74) is 23.4. The van der Waals surface area contributed by atoms with Gasteiger partial charge in [-0.25, -0.2) is 4.79 Å². The number of Topliss-reactive ketones (excluding diaryl/α,β-unsaturated/α-hetero) is 1. The zero-order valence-electron chi connectivity index (χ0n) is 29.5. The molecule has 1 saturated heterocycles. The van der Waals surface area contributed by atoms with Crippen LogP contribution in [0.25, 0.3) is 0 Å². The zero-order valence-corrected chi connectivity index (χ0v) is 29.5. The third-order valence-corrected chi connectivity index (χ3v) is 9.50. The molecule has 1 aliphatic carbocycles. The summed E-state index contributed by atoms with van der Waals surface area (Å²) >= 11 is 0. The number of aliphatic hydroxyl groups excluding tert-OH is 5. The number of nitrogens with one attached hydrogen (secondary N) is 1. The van der Waals surface area contributed by atoms with Gasteiger partial charge in [-0.15, -0.1) is 0 Å². The molecule has 50 heavy (non-hydrogen) atoms. The number of hydrogen-bond acceptors (Lipinski definition) is 19. The zero-order chi connectivity index (χ0) is 38.1. The summed E-state index contributed by atoms with van der Waals surface area (Å²) in [5, 5.41) is 68.3. The summed E-state index contributed by atoms with van der Waals surface area (Å²) in [6, 6.07) is -3.20. The highest BCUT2D eigenvalue weighted by atomic mass is 16.7. The predicted octanol–water partition coefficient (Wildman–Crippen LogP) is -5.38. The second-order valence-corrected chi connectivity index (χ2v) is 14.7. The second kappa shape index (κ2) is 16.0. The largest absolute Gasteiger partial charge is 0.466 e. The van der Waals surface area contributed by atoms with Crippen LogP contribution in [0.1, 0.15) is 53.9 Å². The lowest BCUT2D eigenvalue weighted by molar-refractivity contribution is -0.323. The first-order chi connectivity index (χ1) is 23.0. The number of carbonyl (C=O) groups is 2. The van der Waals surface area contributed by atoms with Gasteiger partial charge in [0.1, 0.15) is 59.1 Å². The minimum atomic E-state index is -2.25. The summed E-state index contributed by atoms with van der Waals surface area (Å²) in [5.74, 6) is -1.98. The summed E-state index contributed by atoms with van der Waals surface area (Å²) in [7, 11) is 1.31. The number of ketones is 1. The van der Waals surface area contributed by atoms with Crippen molar-refractivity contribution in [2.24, 2.45) is 28.7 Å². The van der Waals surface area contributed by atoms with Gasteiger partial charge in [0.15, 0.2) is 17.6 Å². The Balaban J connectivity index is 2.01. The fourth-order valence-electron chi connectivity index (χ4n) is 6.62. The molecule has 0 aromatic carbocycles. The van der Waals surface area contributed by atoms with Crippen molar-refractivity contribution in [2.75, 3.05) is 20.2 Å². The minimum absolute atomic E-state index is 0.0568. The van der Waals surface area contributed by atoms with E-state index in [1.807, 2.05) is 0 Å². The fourth-order valence-corrected chi connectivity index (χ4v) is 6.62. The quantitative estimate of drug-likeness (QED) is 0.0789. The molecule has 0 aromatic heterocycles. The van der Waals surface area contributed by atoms with Crippen LogP contribution in [0.5, 0.6) is 0 Å². The van der Waals surface area contributed by atoms with E-state index in [0.29, 0.717) is 0 Å². The van der Waals surface area contributed by atoms with Crippen molar-refractivity contribution in [1.82, 2.24) is 5.32 Å². The maximum atomic E-state index is 13.7. The smallest absolute Gasteiger partial charge is 0.332 e. The van der Waals surface area contributed by atoms with Crippen molar-refractivity contribution in [3.05, 3.63) is 11.8 Å². The number of esters is 1. The molecule has 0 spiro atoms. The van der Waals surface area contributed by atoms with E-state index >= 15 is 0 Å². The molecule has 3 rings (SSSR count). The van der Waals surface area contributed by atoms with Crippen molar-refractivity contribution in [2.45, 2.75) is 150 Å². The molecular formula is C31H58N6O13. The molecule has 2 fully saturated rings. The average molecular weight is 723 g/mol. The normalized spacial score (nSPS) is 40.5. The van der Waals surface area contributed by atoms with Gasteiger partial charge in [-0.2, -0.15) is 0 Å². The van der Waals surface area contributed by atoms with Crippen molar-refractivity contribution in [1.29, 1.82) is 0 Å². The van der Waals surface area contributed by atoms with Crippen LogP contribution in [-0.4, -0.2) is 158 Å². The Morgan fingerprint density at radius 2 is 1.74 bits per heavy atom. The van der Waals surface area contributed by atoms with Gasteiger partial charge in [-0.1, -0.05) is 0 Å². The van der Waals surface area contributed by atoms with Crippen LogP contribution in [0.15, 0.2) is 11.8 Å². The van der Waals surface area contributed by atoms with Crippen LogP contribution in [0, 0.1) is 0 Å². The van der Waals surface area contributed by atoms with E-state index in [4.69, 9.17) is 52.4 Å². The molecule has 19 nitrogen and oxygen atoms in total. The van der Waals surface area contributed by atoms with E-state index in [9.17, 15) is 40.2 Å². The Labute approximate surface area is 291 Å². The Morgan fingerprint density at radius 1 is 1.12 bits per heavy atom. The van der Waals surface area contributed by atoms with Gasteiger partial charge in [-0.3, -0.25) is 4.79 Å². The summed E-state index contributed by atoms with van der Waals surface area (Å²) in [6.45, 7) is 6.68. The van der Waals surface area contributed by atoms with Gasteiger partial charge in [0.25, 0.3) is 0 Å². The molecule has 3 unspecified atom stereocenters. The topological polar surface area (TPSA) is 344 Å². The molecule has 1 saturated carbocycles. The molecule has 15 atom stereocenters. The molecule has 17 N–H and O–H groups in total. The van der Waals surface area contributed by atoms with Crippen molar-refractivity contribution in [3.63, 3.8) is 0 Å². The Bertz CT molecular complexity index is 1220. The first-order valence-electron chi connectivity index (χ1n) is 16.6. The van der Waals surface area contributed by atoms with Crippen molar-refractivity contribution >= 4 is 11.8 Å². The summed E-state index contributed by atoms with van der Waals surface area (Å²) in [4.78, 5) is 27.3. The van der Waals surface area contributed by atoms with Crippen molar-refractivity contribution in [3.8, 4) is 0 Å². The lowest BCUT2D eigenvalue weighted by Crippen LogP contribution is -2.80. The standard InChI is InChI=1S/C31H58N6O13/c1-13(38)19(40)18(35)17-8-7-14(33)25(47-17)48-21-15(34)11-30(36,22(42)16(39)9-10-32)24(20(21)41)49-26-23(43)31(37-6,29(5,45)12-46-26)27(44)50-28(2,3)4/h8,13-16,18-21,23-26,37-41,43,45H,7,9-12,32-36H2,1-6H3/t13?,14-,15+,16+,18?,19?,20+,21-,23+,24-,25-,26-,29+,30+,31+/m1/s1. The number of ether oxygens (including phenoxy) is 5. The maximum Gasteiger partial charge on any atom is 0.332 e. The highest BCUT2D eigenvalue weighted by molar-refractivity contribution is 5.93. The van der Waals surface area contributed by atoms with E-state index in [2.05, 4.69) is 5.32 Å². The van der Waals surface area contributed by atoms with Gasteiger partial charge in [0, 0.05) is 6.04 Å². The molecule has 2 aliphatic heterocycles. The lowest BCUT2D eigenvalue weighted by atomic mass is 9.70. The molecule has 2 heterocycles. The first kappa shape index (κ1) is 42.5. The van der Waals surface area contributed by atoms with Gasteiger partial charge in [0.05, 0.1) is 24.8 Å². The summed E-state index contributed by atoms with van der Waals surface area (Å²) in [6.07, 6.45) is -13.6. The highest BCUT2D eigenvalue weighted by Gasteiger charge is 2.66. The SMILES string of the molecule is CN[C@]1(C(=O)OC(C)(C)C)[C@@H](O)[C@@H](O[C@@H]2[C@@H](O)[C@H](O[C@H]3OC(C(N)C(O)C(C)O)=CC[C@H]3N)[C@@H](N)C[C@]2(N)C(=O)[C@@H](O)CCN)OC[C@]1(C)O. The average Bonchev–Trinajstić information content (AvgIpc) is 3.01. The summed E-state index contributed by atoms with van der Waals surface area (Å²) < 4.78 is 29.2. The van der Waals surface area contributed by atoms with Gasteiger partial charge < -0.3 is 88.3 Å². The van der Waals surface area contributed by atoms with Crippen molar-refractivity contribution < 1.29 is 63.9 Å². The second-order valence-electron chi connectivity index (χ2n) is 14.7. The van der Waals surface area contributed by atoms with Crippen LogP contribution in [0.3, 0.4) is 0 Å². The van der Waals surface area contributed by atoms with Crippen LogP contribution < -0.4 is 34.0 Å². The van der Waals surface area contributed by atoms with Crippen LogP contribution in [-0.2, 0) is 33.3 Å². The predicted molar refractivity (Wildman–Crippen MR) is 175 cm³/mol. The number of aliphatic hydroxyl groups is 6. The molecule has 0 aromatic rings. The highest BCUT2D eigenvalue weighted by Crippen LogP contribution is 2.40. The van der Waals surface area contributed by atoms with Crippen LogP contribution in [0.2, 0.25) is 0 Å². The van der Waals surface area contributed by atoms with E-state index in [0.717, 1.165) is 0 Å². The Hall–Kier alpha value is -1.92. The van der Waals surface area contributed by atoms with E-state index < -0.39 is 120 Å². The third kappa shape index (κ3) is 8.32. The molecule has 19 heteroatoms. The first-order valence-corrected chi connectivity index (χ1v) is 16.6. The lowest BCUT2D eigenvalue weighted by Gasteiger charge is -2.54. The maximum absolute atomic E-state index is 13.7. The van der Waals surface area contributed by atoms with Crippen LogP contribution >= 0.6 is 0 Å². The van der Waals surface area contributed by atoms with Gasteiger partial charge in [-0.05, 0) is 73.5 Å². The molecule has 0 bridgehead atoms. The Morgan fingerprint density at radius 3 is 2.28 bits per heavy atom. The number of rotatable bonds is 13. The Kier molecular flexibility index (Phi) is 13.6. The number of likely N-dealkylation sites (N-methyl/N-ethyl adjacent to an activating group) is 1. The molecule has 290 valence electrons. The number of nitrogens with two attached hydrogens (primary N) is 5. The van der Waals surface area contributed by atoms with E-state index in [1.165, 1.54) is 27.0 Å². The van der Waals surface area contributed by atoms with Crippen LogP contribution in [0.4, 0.5) is 0 Å². The number of carbonyl (C=O) groups excluding carboxylic acids is 2. The molecule has 3 aliphatic rings. The van der Waals surface area contributed by atoms with E-state index in [-0.39, 0.29) is 25.1 Å². The van der Waals surface area contributed by atoms with E-state index in [1.54, 1.807) is 20.8 Å². The molecular weight excluding hydrogens is 664 g/mol. The fraction of sp³-hybridized carbons (Fsp3) is 0.871. The molecule has 0 radical (unpaired) electrons.